The Morgan fingerprint density at radius 3 is 2.46 bits per heavy atom. The van der Waals surface area contributed by atoms with Crippen molar-refractivity contribution in [2.24, 2.45) is 5.14 Å². The zero-order valence-electron chi connectivity index (χ0n) is 15.4. The molecule has 0 radical (unpaired) electrons. The Balaban J connectivity index is 1.70. The van der Waals surface area contributed by atoms with Crippen LogP contribution in [0.15, 0.2) is 76.1 Å². The minimum absolute atomic E-state index is 0.0858. The van der Waals surface area contributed by atoms with E-state index in [0.29, 0.717) is 13.2 Å². The maximum absolute atomic E-state index is 11.4. The van der Waals surface area contributed by atoms with Gasteiger partial charge in [-0.1, -0.05) is 45.8 Å². The van der Waals surface area contributed by atoms with Crippen molar-refractivity contribution in [1.82, 2.24) is 0 Å². The zero-order valence-corrected chi connectivity index (χ0v) is 17.8. The molecular weight excluding hydrogens is 440 g/mol. The Kier molecular flexibility index (Phi) is 6.39. The number of sulfonamides is 1. The highest BCUT2D eigenvalue weighted by atomic mass is 79.9. The lowest BCUT2D eigenvalue weighted by Gasteiger charge is -2.14. The molecule has 146 valence electrons. The summed E-state index contributed by atoms with van der Waals surface area (Å²) in [5.41, 5.74) is 4.08. The lowest BCUT2D eigenvalue weighted by atomic mass is 10.1. The fourth-order valence-electron chi connectivity index (χ4n) is 2.75. The van der Waals surface area contributed by atoms with Gasteiger partial charge < -0.3 is 10.1 Å². The van der Waals surface area contributed by atoms with Gasteiger partial charge in [-0.25, -0.2) is 13.6 Å². The second-order valence-electron chi connectivity index (χ2n) is 6.45. The first-order valence-corrected chi connectivity index (χ1v) is 11.0. The van der Waals surface area contributed by atoms with E-state index in [0.717, 1.165) is 27.0 Å². The van der Waals surface area contributed by atoms with E-state index in [4.69, 9.17) is 9.88 Å². The highest BCUT2D eigenvalue weighted by molar-refractivity contribution is 9.10. The van der Waals surface area contributed by atoms with Crippen molar-refractivity contribution in [3.63, 3.8) is 0 Å². The molecule has 0 aromatic heterocycles. The lowest BCUT2D eigenvalue weighted by molar-refractivity contribution is 0.303. The average Bonchev–Trinajstić information content (AvgIpc) is 2.65. The summed E-state index contributed by atoms with van der Waals surface area (Å²) in [5, 5.41) is 8.41. The van der Waals surface area contributed by atoms with Gasteiger partial charge in [0.2, 0.25) is 10.0 Å². The normalized spacial score (nSPS) is 11.2. The number of primary sulfonamides is 1. The van der Waals surface area contributed by atoms with Gasteiger partial charge in [0.05, 0.1) is 4.90 Å². The van der Waals surface area contributed by atoms with Crippen LogP contribution in [0.5, 0.6) is 5.75 Å². The number of hydrogen-bond acceptors (Lipinski definition) is 4. The monoisotopic (exact) mass is 460 g/mol. The molecule has 3 aromatic rings. The van der Waals surface area contributed by atoms with Crippen LogP contribution in [-0.2, 0) is 23.2 Å². The van der Waals surface area contributed by atoms with Crippen LogP contribution in [0, 0.1) is 6.92 Å². The predicted molar refractivity (Wildman–Crippen MR) is 115 cm³/mol. The molecule has 5 nitrogen and oxygen atoms in total. The standard InChI is InChI=1S/C21H21BrN2O3S/c1-15-3-2-4-16(11-15)14-27-21-10-5-18(22)12-17(21)13-24-19-6-8-20(9-7-19)28(23,25)26/h2-12,24H,13-14H2,1H3,(H2,23,25,26). The third kappa shape index (κ3) is 5.58. The van der Waals surface area contributed by atoms with Gasteiger partial charge in [-0.2, -0.15) is 0 Å². The van der Waals surface area contributed by atoms with E-state index in [1.54, 1.807) is 12.1 Å². The van der Waals surface area contributed by atoms with Crippen LogP contribution in [0.2, 0.25) is 0 Å². The van der Waals surface area contributed by atoms with Gasteiger partial charge in [0.1, 0.15) is 12.4 Å². The molecule has 0 unspecified atom stereocenters. The third-order valence-electron chi connectivity index (χ3n) is 4.17. The molecule has 0 aliphatic heterocycles. The van der Waals surface area contributed by atoms with E-state index in [9.17, 15) is 8.42 Å². The van der Waals surface area contributed by atoms with Gasteiger partial charge in [-0.15, -0.1) is 0 Å². The SMILES string of the molecule is Cc1cccc(COc2ccc(Br)cc2CNc2ccc(S(N)(=O)=O)cc2)c1. The molecule has 0 amide bonds. The van der Waals surface area contributed by atoms with Crippen LogP contribution in [0.3, 0.4) is 0 Å². The van der Waals surface area contributed by atoms with E-state index in [1.807, 2.05) is 30.3 Å². The number of aryl methyl sites for hydroxylation is 1. The molecule has 0 heterocycles. The summed E-state index contributed by atoms with van der Waals surface area (Å²) in [6, 6.07) is 20.4. The number of nitrogens with two attached hydrogens (primary N) is 1. The summed E-state index contributed by atoms with van der Waals surface area (Å²) in [6.45, 7) is 3.07. The maximum Gasteiger partial charge on any atom is 0.238 e. The van der Waals surface area contributed by atoms with Crippen molar-refractivity contribution >= 4 is 31.6 Å². The first-order chi connectivity index (χ1) is 13.3. The molecule has 7 heteroatoms. The van der Waals surface area contributed by atoms with E-state index in [2.05, 4.69) is 40.3 Å². The smallest absolute Gasteiger partial charge is 0.238 e. The van der Waals surface area contributed by atoms with E-state index in [-0.39, 0.29) is 4.90 Å². The molecule has 3 aromatic carbocycles. The molecule has 0 atom stereocenters. The maximum atomic E-state index is 11.4. The highest BCUT2D eigenvalue weighted by Crippen LogP contribution is 2.25. The first kappa shape index (κ1) is 20.4. The van der Waals surface area contributed by atoms with Crippen LogP contribution in [0.4, 0.5) is 5.69 Å². The van der Waals surface area contributed by atoms with Gasteiger partial charge in [-0.05, 0) is 55.0 Å². The number of nitrogens with one attached hydrogen (secondary N) is 1. The number of anilines is 1. The molecule has 3 N–H and O–H groups in total. The van der Waals surface area contributed by atoms with Crippen molar-refractivity contribution in [1.29, 1.82) is 0 Å². The number of hydrogen-bond donors (Lipinski definition) is 2. The molecule has 0 saturated heterocycles. The van der Waals surface area contributed by atoms with Gasteiger partial charge in [0.25, 0.3) is 0 Å². The number of halogens is 1. The Hall–Kier alpha value is -2.35. The topological polar surface area (TPSA) is 81.4 Å². The summed E-state index contributed by atoms with van der Waals surface area (Å²) in [6.07, 6.45) is 0. The van der Waals surface area contributed by atoms with E-state index < -0.39 is 10.0 Å². The van der Waals surface area contributed by atoms with Crippen LogP contribution < -0.4 is 15.2 Å². The predicted octanol–water partition coefficient (Wildman–Crippen LogP) is 4.60. The van der Waals surface area contributed by atoms with E-state index in [1.165, 1.54) is 17.7 Å². The first-order valence-electron chi connectivity index (χ1n) is 8.65. The Bertz CT molecular complexity index is 1070. The second-order valence-corrected chi connectivity index (χ2v) is 8.93. The van der Waals surface area contributed by atoms with E-state index >= 15 is 0 Å². The molecule has 0 spiro atoms. The number of rotatable bonds is 7. The van der Waals surface area contributed by atoms with Crippen LogP contribution in [0.25, 0.3) is 0 Å². The van der Waals surface area contributed by atoms with Crippen molar-refractivity contribution in [2.75, 3.05) is 5.32 Å². The summed E-state index contributed by atoms with van der Waals surface area (Å²) in [7, 11) is -3.69. The third-order valence-corrected chi connectivity index (χ3v) is 5.59. The van der Waals surface area contributed by atoms with Crippen molar-refractivity contribution in [2.45, 2.75) is 25.0 Å². The van der Waals surface area contributed by atoms with Gasteiger partial charge in [0.15, 0.2) is 0 Å². The van der Waals surface area contributed by atoms with Gasteiger partial charge >= 0.3 is 0 Å². The Morgan fingerprint density at radius 2 is 1.79 bits per heavy atom. The Labute approximate surface area is 173 Å². The van der Waals surface area contributed by atoms with Crippen molar-refractivity contribution in [3.8, 4) is 5.75 Å². The summed E-state index contributed by atoms with van der Waals surface area (Å²) in [4.78, 5) is 0.0858. The largest absolute Gasteiger partial charge is 0.489 e. The quantitative estimate of drug-likeness (QED) is 0.539. The van der Waals surface area contributed by atoms with Crippen LogP contribution >= 0.6 is 15.9 Å². The fraction of sp³-hybridized carbons (Fsp3) is 0.143. The molecule has 0 fully saturated rings. The molecule has 0 saturated carbocycles. The summed E-state index contributed by atoms with van der Waals surface area (Å²) < 4.78 is 29.7. The average molecular weight is 461 g/mol. The molecule has 0 aliphatic rings. The minimum atomic E-state index is -3.69. The molecule has 0 bridgehead atoms. The van der Waals surface area contributed by atoms with Gasteiger partial charge in [-0.3, -0.25) is 0 Å². The summed E-state index contributed by atoms with van der Waals surface area (Å²) >= 11 is 3.50. The van der Waals surface area contributed by atoms with Crippen molar-refractivity contribution < 1.29 is 13.2 Å². The number of ether oxygens (including phenoxy) is 1. The number of benzene rings is 3. The molecule has 3 rings (SSSR count). The highest BCUT2D eigenvalue weighted by Gasteiger charge is 2.08. The Morgan fingerprint density at radius 1 is 1.04 bits per heavy atom. The summed E-state index contributed by atoms with van der Waals surface area (Å²) in [5.74, 6) is 0.790. The lowest BCUT2D eigenvalue weighted by Crippen LogP contribution is -2.12. The second kappa shape index (κ2) is 8.77. The van der Waals surface area contributed by atoms with Crippen LogP contribution in [-0.4, -0.2) is 8.42 Å². The molecule has 0 aliphatic carbocycles. The van der Waals surface area contributed by atoms with Gasteiger partial charge in [0, 0.05) is 22.3 Å². The van der Waals surface area contributed by atoms with Crippen molar-refractivity contribution in [3.05, 3.63) is 87.9 Å². The molecule has 28 heavy (non-hydrogen) atoms. The van der Waals surface area contributed by atoms with Crippen LogP contribution in [0.1, 0.15) is 16.7 Å². The zero-order chi connectivity index (χ0) is 20.1. The minimum Gasteiger partial charge on any atom is -0.489 e. The molecular formula is C21H21BrN2O3S. The fourth-order valence-corrected chi connectivity index (χ4v) is 3.67.